The summed E-state index contributed by atoms with van der Waals surface area (Å²) in [4.78, 5) is 11.1. The van der Waals surface area contributed by atoms with Crippen LogP contribution in [0.3, 0.4) is 0 Å². The van der Waals surface area contributed by atoms with E-state index in [1.165, 1.54) is 6.92 Å². The molecular weight excluding hydrogens is 251 g/mol. The van der Waals surface area contributed by atoms with E-state index in [0.29, 0.717) is 0 Å². The molecule has 0 unspecified atom stereocenters. The highest BCUT2D eigenvalue weighted by Gasteiger charge is 2.42. The first-order valence-electron chi connectivity index (χ1n) is 4.81. The number of rotatable bonds is 1. The lowest BCUT2D eigenvalue weighted by molar-refractivity contribution is -0.0899. The van der Waals surface area contributed by atoms with Gasteiger partial charge in [-0.1, -0.05) is 5.46 Å². The van der Waals surface area contributed by atoms with Gasteiger partial charge in [0.25, 0.3) is 0 Å². The lowest BCUT2D eigenvalue weighted by Crippen LogP contribution is -2.22. The van der Waals surface area contributed by atoms with Crippen molar-refractivity contribution in [3.63, 3.8) is 0 Å². The number of ketones is 1. The van der Waals surface area contributed by atoms with Crippen molar-refractivity contribution in [1.29, 1.82) is 0 Å². The molecule has 1 heterocycles. The normalized spacial score (nSPS) is 12.1. The number of benzene rings is 1. The Morgan fingerprint density at radius 1 is 1.33 bits per heavy atom. The Morgan fingerprint density at radius 3 is 2.50 bits per heavy atom. The van der Waals surface area contributed by atoms with E-state index in [4.69, 9.17) is 12.3 Å². The highest BCUT2D eigenvalue weighted by atomic mass is 19.4. The molecular formula is C11H5BF4O2. The molecule has 1 aromatic heterocycles. The zero-order valence-electron chi connectivity index (χ0n) is 9.06. The van der Waals surface area contributed by atoms with E-state index in [9.17, 15) is 22.4 Å². The Kier molecular flexibility index (Phi) is 2.72. The molecule has 0 aliphatic carbocycles. The van der Waals surface area contributed by atoms with E-state index in [-0.39, 0.29) is 22.0 Å². The molecule has 92 valence electrons. The summed E-state index contributed by atoms with van der Waals surface area (Å²) in [7, 11) is 5.42. The highest BCUT2D eigenvalue weighted by molar-refractivity contribution is 6.38. The maximum Gasteiger partial charge on any atom is 0.458 e. The van der Waals surface area contributed by atoms with Crippen LogP contribution in [0.2, 0.25) is 0 Å². The lowest BCUT2D eigenvalue weighted by atomic mass is 9.93. The predicted octanol–water partition coefficient (Wildman–Crippen LogP) is 2.42. The Balaban J connectivity index is 2.72. The molecule has 2 aromatic rings. The van der Waals surface area contributed by atoms with Crippen LogP contribution in [0.25, 0.3) is 11.0 Å². The molecule has 18 heavy (non-hydrogen) atoms. The fraction of sp³-hybridized carbons (Fsp3) is 0.182. The van der Waals surface area contributed by atoms with Gasteiger partial charge in [0.2, 0.25) is 0 Å². The van der Waals surface area contributed by atoms with Crippen molar-refractivity contribution in [3.8, 4) is 0 Å². The standard InChI is InChI=1S/C11H5BF4O2/c1-4-6-2-5(13)3-7(12)9(6)18-8(4)10(17)11(14,15)16/h2-3H,1H3. The molecule has 7 heteroatoms. The van der Waals surface area contributed by atoms with E-state index >= 15 is 0 Å². The van der Waals surface area contributed by atoms with Gasteiger partial charge in [0.1, 0.15) is 19.2 Å². The van der Waals surface area contributed by atoms with Crippen LogP contribution in [0.1, 0.15) is 16.1 Å². The van der Waals surface area contributed by atoms with Crippen LogP contribution in [0.4, 0.5) is 17.6 Å². The van der Waals surface area contributed by atoms with Gasteiger partial charge in [0.05, 0.1) is 0 Å². The molecule has 0 aliphatic heterocycles. The van der Waals surface area contributed by atoms with Gasteiger partial charge < -0.3 is 4.42 Å². The van der Waals surface area contributed by atoms with Gasteiger partial charge in [0, 0.05) is 10.9 Å². The molecule has 0 saturated heterocycles. The lowest BCUT2D eigenvalue weighted by Gasteiger charge is -2.02. The third-order valence-electron chi connectivity index (χ3n) is 2.49. The minimum Gasteiger partial charge on any atom is -0.453 e. The quantitative estimate of drug-likeness (QED) is 0.445. The van der Waals surface area contributed by atoms with Crippen LogP contribution >= 0.6 is 0 Å². The Morgan fingerprint density at radius 2 is 1.94 bits per heavy atom. The number of carbonyl (C=O) groups excluding carboxylic acids is 1. The third-order valence-corrected chi connectivity index (χ3v) is 2.49. The molecule has 0 aliphatic rings. The van der Waals surface area contributed by atoms with Gasteiger partial charge in [-0.25, -0.2) is 4.39 Å². The van der Waals surface area contributed by atoms with E-state index in [2.05, 4.69) is 0 Å². The number of alkyl halides is 3. The smallest absolute Gasteiger partial charge is 0.453 e. The summed E-state index contributed by atoms with van der Waals surface area (Å²) >= 11 is 0. The van der Waals surface area contributed by atoms with Crippen molar-refractivity contribution in [2.45, 2.75) is 13.1 Å². The molecule has 0 atom stereocenters. The van der Waals surface area contributed by atoms with Crippen LogP contribution in [0.15, 0.2) is 16.5 Å². The summed E-state index contributed by atoms with van der Waals surface area (Å²) in [6.07, 6.45) is -5.05. The summed E-state index contributed by atoms with van der Waals surface area (Å²) in [5.74, 6) is -3.69. The fourth-order valence-electron chi connectivity index (χ4n) is 1.65. The number of hydrogen-bond donors (Lipinski definition) is 0. The van der Waals surface area contributed by atoms with Crippen molar-refractivity contribution < 1.29 is 26.8 Å². The molecule has 1 aromatic carbocycles. The average Bonchev–Trinajstić information content (AvgIpc) is 2.54. The summed E-state index contributed by atoms with van der Waals surface area (Å²) in [5, 5.41) is 0.0556. The SMILES string of the molecule is [B]c1cc(F)cc2c(C)c(C(=O)C(F)(F)F)oc12. The molecule has 0 bridgehead atoms. The summed E-state index contributed by atoms with van der Waals surface area (Å²) in [6, 6.07) is 1.88. The second-order valence-electron chi connectivity index (χ2n) is 3.75. The Labute approximate surface area is 100.0 Å². The van der Waals surface area contributed by atoms with E-state index in [1.54, 1.807) is 0 Å². The van der Waals surface area contributed by atoms with Crippen molar-refractivity contribution in [1.82, 2.24) is 0 Å². The van der Waals surface area contributed by atoms with E-state index < -0.39 is 23.5 Å². The van der Waals surface area contributed by atoms with Crippen LogP contribution < -0.4 is 5.46 Å². The van der Waals surface area contributed by atoms with Gasteiger partial charge >= 0.3 is 12.0 Å². The number of hydrogen-bond acceptors (Lipinski definition) is 2. The van der Waals surface area contributed by atoms with Gasteiger partial charge in [-0.05, 0) is 19.1 Å². The predicted molar refractivity (Wildman–Crippen MR) is 56.7 cm³/mol. The monoisotopic (exact) mass is 256 g/mol. The summed E-state index contributed by atoms with van der Waals surface area (Å²) < 4.78 is 54.8. The zero-order valence-corrected chi connectivity index (χ0v) is 9.06. The minimum absolute atomic E-state index is 0.0556. The van der Waals surface area contributed by atoms with Crippen molar-refractivity contribution in [2.24, 2.45) is 0 Å². The molecule has 0 N–H and O–H groups in total. The largest absolute Gasteiger partial charge is 0.458 e. The maximum atomic E-state index is 13.1. The third kappa shape index (κ3) is 1.89. The minimum atomic E-state index is -5.05. The number of fused-ring (bicyclic) bond motifs is 1. The molecule has 2 rings (SSSR count). The second-order valence-corrected chi connectivity index (χ2v) is 3.75. The van der Waals surface area contributed by atoms with E-state index in [0.717, 1.165) is 12.1 Å². The summed E-state index contributed by atoms with van der Waals surface area (Å²) in [5.41, 5.74) is -0.366. The molecule has 2 radical (unpaired) electrons. The maximum absolute atomic E-state index is 13.1. The van der Waals surface area contributed by atoms with Crippen LogP contribution in [0, 0.1) is 12.7 Å². The topological polar surface area (TPSA) is 30.2 Å². The first-order valence-corrected chi connectivity index (χ1v) is 4.81. The summed E-state index contributed by atoms with van der Waals surface area (Å²) in [6.45, 7) is 1.24. The highest BCUT2D eigenvalue weighted by Crippen LogP contribution is 2.30. The van der Waals surface area contributed by atoms with Gasteiger partial charge in [-0.3, -0.25) is 4.79 Å². The van der Waals surface area contributed by atoms with Gasteiger partial charge in [-0.15, -0.1) is 0 Å². The number of halogens is 4. The van der Waals surface area contributed by atoms with E-state index in [1.807, 2.05) is 0 Å². The first-order chi connectivity index (χ1) is 8.21. The average molecular weight is 256 g/mol. The zero-order chi connectivity index (χ0) is 13.7. The molecule has 0 fully saturated rings. The Bertz CT molecular complexity index is 643. The number of aryl methyl sites for hydroxylation is 1. The van der Waals surface area contributed by atoms with Crippen LogP contribution in [-0.4, -0.2) is 19.8 Å². The molecule has 0 saturated carbocycles. The Hall–Kier alpha value is -1.79. The van der Waals surface area contributed by atoms with Gasteiger partial charge in [0.15, 0.2) is 5.76 Å². The number of furan rings is 1. The molecule has 2 nitrogen and oxygen atoms in total. The van der Waals surface area contributed by atoms with Crippen molar-refractivity contribution in [3.05, 3.63) is 29.3 Å². The second kappa shape index (κ2) is 3.86. The van der Waals surface area contributed by atoms with Gasteiger partial charge in [-0.2, -0.15) is 13.2 Å². The van der Waals surface area contributed by atoms with Crippen LogP contribution in [0.5, 0.6) is 0 Å². The number of carbonyl (C=O) groups is 1. The molecule has 0 amide bonds. The number of Topliss-reactive ketones (excluding diaryl/α,β-unsaturated/α-hetero) is 1. The fourth-order valence-corrected chi connectivity index (χ4v) is 1.65. The van der Waals surface area contributed by atoms with Crippen LogP contribution in [-0.2, 0) is 0 Å². The van der Waals surface area contributed by atoms with Crippen molar-refractivity contribution >= 4 is 30.1 Å². The van der Waals surface area contributed by atoms with Crippen molar-refractivity contribution in [2.75, 3.05) is 0 Å². The first kappa shape index (κ1) is 12.7. The molecule has 0 spiro atoms.